The van der Waals surface area contributed by atoms with Crippen LogP contribution >= 0.6 is 0 Å². The minimum atomic E-state index is -3.60. The molecule has 25 heavy (non-hydrogen) atoms. The van der Waals surface area contributed by atoms with Crippen LogP contribution in [0.15, 0.2) is 48.5 Å². The van der Waals surface area contributed by atoms with Crippen molar-refractivity contribution in [3.05, 3.63) is 54.1 Å². The van der Waals surface area contributed by atoms with E-state index in [-0.39, 0.29) is 12.3 Å². The van der Waals surface area contributed by atoms with Gasteiger partial charge in [-0.15, -0.1) is 0 Å². The molecule has 0 heterocycles. The first-order chi connectivity index (χ1) is 11.9. The third kappa shape index (κ3) is 4.96. The van der Waals surface area contributed by atoms with Crippen molar-refractivity contribution < 1.29 is 17.9 Å². The predicted octanol–water partition coefficient (Wildman–Crippen LogP) is 2.80. The molecule has 7 heteroatoms. The number of methoxy groups -OCH3 is 1. The van der Waals surface area contributed by atoms with Crippen LogP contribution in [0.4, 0.5) is 11.4 Å². The molecule has 0 atom stereocenters. The van der Waals surface area contributed by atoms with Crippen molar-refractivity contribution in [3.8, 4) is 5.75 Å². The van der Waals surface area contributed by atoms with Gasteiger partial charge in [-0.2, -0.15) is 0 Å². The van der Waals surface area contributed by atoms with Gasteiger partial charge in [0.2, 0.25) is 15.9 Å². The number of hydrogen-bond donors (Lipinski definition) is 1. The molecule has 0 unspecified atom stereocenters. The van der Waals surface area contributed by atoms with Crippen molar-refractivity contribution in [1.82, 2.24) is 0 Å². The number of carbonyl (C=O) groups is 1. The van der Waals surface area contributed by atoms with Crippen LogP contribution in [0, 0.1) is 6.92 Å². The monoisotopic (exact) mass is 362 g/mol. The summed E-state index contributed by atoms with van der Waals surface area (Å²) in [5, 5.41) is 2.72. The van der Waals surface area contributed by atoms with E-state index >= 15 is 0 Å². The van der Waals surface area contributed by atoms with Gasteiger partial charge in [-0.3, -0.25) is 9.10 Å². The average molecular weight is 362 g/mol. The fourth-order valence-corrected chi connectivity index (χ4v) is 3.29. The molecule has 6 nitrogen and oxygen atoms in total. The number of hydrogen-bond acceptors (Lipinski definition) is 4. The van der Waals surface area contributed by atoms with Crippen molar-refractivity contribution in [2.75, 3.05) is 29.0 Å². The van der Waals surface area contributed by atoms with E-state index in [1.54, 1.807) is 43.3 Å². The van der Waals surface area contributed by atoms with Crippen LogP contribution in [0.1, 0.15) is 12.5 Å². The molecule has 0 radical (unpaired) electrons. The SMILES string of the molecule is CCS(=O)(=O)N(CC(=O)Nc1ccc(C)cc1)c1ccc(OC)cc1. The summed E-state index contributed by atoms with van der Waals surface area (Å²) in [6, 6.07) is 13.9. The zero-order valence-electron chi connectivity index (χ0n) is 14.5. The molecule has 0 fully saturated rings. The first-order valence-electron chi connectivity index (χ1n) is 7.86. The average Bonchev–Trinajstić information content (AvgIpc) is 2.61. The minimum Gasteiger partial charge on any atom is -0.497 e. The largest absolute Gasteiger partial charge is 0.497 e. The Morgan fingerprint density at radius 1 is 1.08 bits per heavy atom. The van der Waals surface area contributed by atoms with Crippen molar-refractivity contribution in [2.45, 2.75) is 13.8 Å². The topological polar surface area (TPSA) is 75.7 Å². The van der Waals surface area contributed by atoms with E-state index in [2.05, 4.69) is 5.32 Å². The Kier molecular flexibility index (Phi) is 6.03. The lowest BCUT2D eigenvalue weighted by Gasteiger charge is -2.23. The Labute approximate surface area is 148 Å². The number of carbonyl (C=O) groups excluding carboxylic acids is 1. The highest BCUT2D eigenvalue weighted by Crippen LogP contribution is 2.22. The lowest BCUT2D eigenvalue weighted by molar-refractivity contribution is -0.114. The highest BCUT2D eigenvalue weighted by atomic mass is 32.2. The molecule has 0 aliphatic heterocycles. The molecule has 0 aliphatic rings. The second kappa shape index (κ2) is 8.02. The third-order valence-corrected chi connectivity index (χ3v) is 5.42. The summed E-state index contributed by atoms with van der Waals surface area (Å²) in [5.74, 6) is 0.106. The van der Waals surface area contributed by atoms with Crippen LogP contribution < -0.4 is 14.4 Å². The number of amides is 1. The Morgan fingerprint density at radius 3 is 2.20 bits per heavy atom. The lowest BCUT2D eigenvalue weighted by atomic mass is 10.2. The molecular weight excluding hydrogens is 340 g/mol. The summed E-state index contributed by atoms with van der Waals surface area (Å²) in [7, 11) is -2.06. The van der Waals surface area contributed by atoms with Gasteiger partial charge in [0, 0.05) is 5.69 Å². The van der Waals surface area contributed by atoms with Crippen LogP contribution in [0.25, 0.3) is 0 Å². The van der Waals surface area contributed by atoms with Gasteiger partial charge >= 0.3 is 0 Å². The van der Waals surface area contributed by atoms with Crippen molar-refractivity contribution >= 4 is 27.3 Å². The van der Waals surface area contributed by atoms with Crippen molar-refractivity contribution in [1.29, 1.82) is 0 Å². The summed E-state index contributed by atoms with van der Waals surface area (Å²) in [5.41, 5.74) is 2.12. The van der Waals surface area contributed by atoms with E-state index < -0.39 is 15.9 Å². The normalized spacial score (nSPS) is 11.0. The van der Waals surface area contributed by atoms with Crippen LogP contribution in [-0.4, -0.2) is 33.7 Å². The van der Waals surface area contributed by atoms with Crippen LogP contribution in [0.3, 0.4) is 0 Å². The Bertz CT molecular complexity index is 815. The highest BCUT2D eigenvalue weighted by Gasteiger charge is 2.23. The molecule has 0 saturated carbocycles. The third-order valence-electron chi connectivity index (χ3n) is 3.68. The van der Waals surface area contributed by atoms with Gasteiger partial charge in [-0.1, -0.05) is 17.7 Å². The Hall–Kier alpha value is -2.54. The zero-order valence-corrected chi connectivity index (χ0v) is 15.3. The second-order valence-electron chi connectivity index (χ2n) is 5.52. The molecular formula is C18H22N2O4S. The summed E-state index contributed by atoms with van der Waals surface area (Å²) >= 11 is 0. The van der Waals surface area contributed by atoms with E-state index in [9.17, 15) is 13.2 Å². The van der Waals surface area contributed by atoms with E-state index in [1.165, 1.54) is 7.11 Å². The van der Waals surface area contributed by atoms with Crippen LogP contribution in [0.5, 0.6) is 5.75 Å². The number of benzene rings is 2. The zero-order chi connectivity index (χ0) is 18.4. The summed E-state index contributed by atoms with van der Waals surface area (Å²) in [6.45, 7) is 3.20. The quantitative estimate of drug-likeness (QED) is 0.822. The van der Waals surface area contributed by atoms with Crippen molar-refractivity contribution in [3.63, 3.8) is 0 Å². The maximum absolute atomic E-state index is 12.4. The highest BCUT2D eigenvalue weighted by molar-refractivity contribution is 7.92. The van der Waals surface area contributed by atoms with Crippen molar-refractivity contribution in [2.24, 2.45) is 0 Å². The van der Waals surface area contributed by atoms with Gasteiger partial charge in [0.1, 0.15) is 12.3 Å². The second-order valence-corrected chi connectivity index (χ2v) is 7.70. The molecule has 0 aromatic heterocycles. The standard InChI is InChI=1S/C18H22N2O4S/c1-4-25(22,23)20(16-9-11-17(24-3)12-10-16)13-18(21)19-15-7-5-14(2)6-8-15/h5-12H,4,13H2,1-3H3,(H,19,21). The molecule has 0 bridgehead atoms. The Morgan fingerprint density at radius 2 is 1.68 bits per heavy atom. The molecule has 134 valence electrons. The van der Waals surface area contributed by atoms with Gasteiger partial charge in [0.15, 0.2) is 0 Å². The molecule has 1 amide bonds. The van der Waals surface area contributed by atoms with E-state index in [1.807, 2.05) is 19.1 Å². The summed E-state index contributed by atoms with van der Waals surface area (Å²) in [4.78, 5) is 12.3. The predicted molar refractivity (Wildman–Crippen MR) is 99.6 cm³/mol. The maximum Gasteiger partial charge on any atom is 0.245 e. The van der Waals surface area contributed by atoms with Gasteiger partial charge in [0.05, 0.1) is 18.6 Å². The molecule has 2 aromatic rings. The van der Waals surface area contributed by atoms with Crippen LogP contribution in [0.2, 0.25) is 0 Å². The molecule has 2 aromatic carbocycles. The first-order valence-corrected chi connectivity index (χ1v) is 9.47. The van der Waals surface area contributed by atoms with Gasteiger partial charge in [-0.05, 0) is 50.2 Å². The van der Waals surface area contributed by atoms with Crippen LogP contribution in [-0.2, 0) is 14.8 Å². The number of anilines is 2. The van der Waals surface area contributed by atoms with E-state index in [0.717, 1.165) is 9.87 Å². The van der Waals surface area contributed by atoms with E-state index in [0.29, 0.717) is 17.1 Å². The number of nitrogens with one attached hydrogen (secondary N) is 1. The fourth-order valence-electron chi connectivity index (χ4n) is 2.22. The molecule has 0 saturated heterocycles. The molecule has 2 rings (SSSR count). The number of aryl methyl sites for hydroxylation is 1. The number of rotatable bonds is 7. The molecule has 1 N–H and O–H groups in total. The number of nitrogens with zero attached hydrogens (tertiary/aromatic N) is 1. The molecule has 0 spiro atoms. The maximum atomic E-state index is 12.4. The minimum absolute atomic E-state index is 0.100. The van der Waals surface area contributed by atoms with Gasteiger partial charge in [-0.25, -0.2) is 8.42 Å². The van der Waals surface area contributed by atoms with Gasteiger partial charge < -0.3 is 10.1 Å². The lowest BCUT2D eigenvalue weighted by Crippen LogP contribution is -2.39. The van der Waals surface area contributed by atoms with Gasteiger partial charge in [0.25, 0.3) is 0 Å². The van der Waals surface area contributed by atoms with E-state index in [4.69, 9.17) is 4.74 Å². The Balaban J connectivity index is 2.20. The molecule has 0 aliphatic carbocycles. The first kappa shape index (κ1) is 18.8. The fraction of sp³-hybridized carbons (Fsp3) is 0.278. The smallest absolute Gasteiger partial charge is 0.245 e. The summed E-state index contributed by atoms with van der Waals surface area (Å²) < 4.78 is 31.0. The number of ether oxygens (including phenoxy) is 1. The summed E-state index contributed by atoms with van der Waals surface area (Å²) in [6.07, 6.45) is 0. The number of sulfonamides is 1.